The second-order valence-corrected chi connectivity index (χ2v) is 6.42. The average molecular weight is 385 g/mol. The molecule has 0 spiro atoms. The zero-order chi connectivity index (χ0) is 20.3. The Morgan fingerprint density at radius 3 is 2.57 bits per heavy atom. The van der Waals surface area contributed by atoms with Gasteiger partial charge in [-0.25, -0.2) is 4.39 Å². The first-order valence-corrected chi connectivity index (χ1v) is 8.74. The number of carbonyl (C=O) groups is 2. The van der Waals surface area contributed by atoms with Gasteiger partial charge in [0.25, 0.3) is 12.4 Å². The van der Waals surface area contributed by atoms with Crippen molar-refractivity contribution < 1.29 is 27.9 Å². The second kappa shape index (κ2) is 8.12. The molecule has 1 N–H and O–H groups in total. The Balaban J connectivity index is 2.25. The molecule has 0 aliphatic rings. The van der Waals surface area contributed by atoms with Gasteiger partial charge in [0.15, 0.2) is 0 Å². The molecule has 6 nitrogen and oxygen atoms in total. The van der Waals surface area contributed by atoms with Gasteiger partial charge in [0.05, 0.1) is 11.7 Å². The molecule has 1 aromatic heterocycles. The monoisotopic (exact) mass is 385 g/mol. The topological polar surface area (TPSA) is 77.8 Å². The second-order valence-electron chi connectivity index (χ2n) is 6.42. The Hall–Kier alpha value is -3.35. The van der Waals surface area contributed by atoms with Gasteiger partial charge in [-0.2, -0.15) is 0 Å². The first-order valence-electron chi connectivity index (χ1n) is 8.74. The number of carbonyl (C=O) groups excluding carboxylic acids is 2. The molecule has 3 aromatic rings. The van der Waals surface area contributed by atoms with E-state index in [0.717, 1.165) is 0 Å². The van der Waals surface area contributed by atoms with Crippen LogP contribution in [0.2, 0.25) is 0 Å². The van der Waals surface area contributed by atoms with Gasteiger partial charge in [-0.15, -0.1) is 0 Å². The molecular formula is C21H20FNO5. The molecule has 0 bridgehead atoms. The fourth-order valence-electron chi connectivity index (χ4n) is 2.92. The molecule has 2 aromatic carbocycles. The van der Waals surface area contributed by atoms with Crippen LogP contribution >= 0.6 is 0 Å². The lowest BCUT2D eigenvalue weighted by Gasteiger charge is -2.14. The molecule has 1 heterocycles. The number of benzene rings is 2. The van der Waals surface area contributed by atoms with E-state index in [1.54, 1.807) is 24.3 Å². The van der Waals surface area contributed by atoms with E-state index >= 15 is 0 Å². The van der Waals surface area contributed by atoms with E-state index in [1.807, 2.05) is 13.8 Å². The van der Waals surface area contributed by atoms with Gasteiger partial charge in [0, 0.05) is 23.6 Å². The summed E-state index contributed by atoms with van der Waals surface area (Å²) in [5.41, 5.74) is 1.92. The van der Waals surface area contributed by atoms with Gasteiger partial charge >= 0.3 is 0 Å². The summed E-state index contributed by atoms with van der Waals surface area (Å²) in [5, 5.41) is 3.15. The molecule has 1 amide bonds. The molecule has 0 aliphatic carbocycles. The van der Waals surface area contributed by atoms with Gasteiger partial charge in [-0.05, 0) is 50.2 Å². The van der Waals surface area contributed by atoms with Crippen LogP contribution in [0, 0.1) is 5.82 Å². The number of halogens is 1. The van der Waals surface area contributed by atoms with Crippen LogP contribution in [0.25, 0.3) is 22.3 Å². The minimum atomic E-state index is -0.387. The first kappa shape index (κ1) is 19.4. The standard InChI is InChI=1S/C21H20FNO5/c1-12(2)27-17-9-16-18(8-14(17)10-26-11-24)28-20(19(16)21(25)23-3)13-4-6-15(22)7-5-13/h4-9,11-12H,10H2,1-3H3,(H,23,25). The van der Waals surface area contributed by atoms with Gasteiger partial charge in [-0.3, -0.25) is 9.59 Å². The summed E-state index contributed by atoms with van der Waals surface area (Å²) in [5.74, 6) is 0.0759. The summed E-state index contributed by atoms with van der Waals surface area (Å²) in [4.78, 5) is 23.2. The molecular weight excluding hydrogens is 365 g/mol. The van der Waals surface area contributed by atoms with Crippen molar-refractivity contribution >= 4 is 23.3 Å². The average Bonchev–Trinajstić information content (AvgIpc) is 3.03. The predicted molar refractivity (Wildman–Crippen MR) is 102 cm³/mol. The number of ether oxygens (including phenoxy) is 2. The lowest BCUT2D eigenvalue weighted by atomic mass is 10.0. The van der Waals surface area contributed by atoms with E-state index in [9.17, 15) is 14.0 Å². The number of hydrogen-bond donors (Lipinski definition) is 1. The van der Waals surface area contributed by atoms with E-state index in [2.05, 4.69) is 5.32 Å². The Labute approximate surface area is 161 Å². The van der Waals surface area contributed by atoms with Crippen LogP contribution in [-0.4, -0.2) is 25.5 Å². The number of furan rings is 1. The van der Waals surface area contributed by atoms with Crippen molar-refractivity contribution in [2.24, 2.45) is 0 Å². The zero-order valence-electron chi connectivity index (χ0n) is 15.7. The summed E-state index contributed by atoms with van der Waals surface area (Å²) < 4.78 is 30.0. The molecule has 7 heteroatoms. The smallest absolute Gasteiger partial charge is 0.293 e. The molecule has 0 aliphatic heterocycles. The third kappa shape index (κ3) is 3.83. The summed E-state index contributed by atoms with van der Waals surface area (Å²) in [6.07, 6.45) is -0.126. The summed E-state index contributed by atoms with van der Waals surface area (Å²) in [6.45, 7) is 4.09. The number of hydrogen-bond acceptors (Lipinski definition) is 5. The van der Waals surface area contributed by atoms with E-state index in [4.69, 9.17) is 13.9 Å². The van der Waals surface area contributed by atoms with Gasteiger partial charge in [0.1, 0.15) is 29.5 Å². The number of nitrogens with one attached hydrogen (secondary N) is 1. The van der Waals surface area contributed by atoms with Gasteiger partial charge in [0.2, 0.25) is 0 Å². The van der Waals surface area contributed by atoms with E-state index < -0.39 is 0 Å². The van der Waals surface area contributed by atoms with E-state index in [1.165, 1.54) is 19.2 Å². The maximum absolute atomic E-state index is 13.3. The highest BCUT2D eigenvalue weighted by Crippen LogP contribution is 2.37. The Morgan fingerprint density at radius 2 is 1.96 bits per heavy atom. The van der Waals surface area contributed by atoms with E-state index in [0.29, 0.717) is 45.6 Å². The van der Waals surface area contributed by atoms with Crippen LogP contribution in [0.15, 0.2) is 40.8 Å². The van der Waals surface area contributed by atoms with Crippen LogP contribution in [-0.2, 0) is 16.1 Å². The third-order valence-electron chi connectivity index (χ3n) is 4.10. The van der Waals surface area contributed by atoms with Crippen molar-refractivity contribution in [1.82, 2.24) is 5.32 Å². The number of fused-ring (bicyclic) bond motifs is 1. The Kier molecular flexibility index (Phi) is 5.63. The Morgan fingerprint density at radius 1 is 1.25 bits per heavy atom. The minimum absolute atomic E-state index is 0.00336. The molecule has 28 heavy (non-hydrogen) atoms. The van der Waals surface area contributed by atoms with Crippen LogP contribution in [0.5, 0.6) is 5.75 Å². The SMILES string of the molecule is CNC(=O)c1c(-c2ccc(F)cc2)oc2cc(COC=O)c(OC(C)C)cc12. The summed E-state index contributed by atoms with van der Waals surface area (Å²) in [6, 6.07) is 9.05. The highest BCUT2D eigenvalue weighted by molar-refractivity contribution is 6.11. The predicted octanol–water partition coefficient (Wildman–Crippen LogP) is 4.06. The van der Waals surface area contributed by atoms with Crippen LogP contribution < -0.4 is 10.1 Å². The number of rotatable bonds is 7. The minimum Gasteiger partial charge on any atom is -0.491 e. The molecule has 3 rings (SSSR count). The summed E-state index contributed by atoms with van der Waals surface area (Å²) in [7, 11) is 1.52. The van der Waals surface area contributed by atoms with Crippen molar-refractivity contribution in [3.05, 3.63) is 53.3 Å². The van der Waals surface area contributed by atoms with Crippen molar-refractivity contribution in [3.8, 4) is 17.1 Å². The molecule has 0 fully saturated rings. The van der Waals surface area contributed by atoms with Crippen LogP contribution in [0.1, 0.15) is 29.8 Å². The lowest BCUT2D eigenvalue weighted by Crippen LogP contribution is -2.18. The molecule has 0 saturated heterocycles. The fourth-order valence-corrected chi connectivity index (χ4v) is 2.92. The zero-order valence-corrected chi connectivity index (χ0v) is 15.7. The highest BCUT2D eigenvalue weighted by atomic mass is 19.1. The maximum Gasteiger partial charge on any atom is 0.293 e. The lowest BCUT2D eigenvalue weighted by molar-refractivity contribution is -0.129. The van der Waals surface area contributed by atoms with Crippen LogP contribution in [0.4, 0.5) is 4.39 Å². The largest absolute Gasteiger partial charge is 0.491 e. The van der Waals surface area contributed by atoms with Gasteiger partial charge < -0.3 is 19.2 Å². The number of amides is 1. The van der Waals surface area contributed by atoms with Crippen LogP contribution in [0.3, 0.4) is 0 Å². The molecule has 0 unspecified atom stereocenters. The quantitative estimate of drug-likeness (QED) is 0.621. The maximum atomic E-state index is 13.3. The molecule has 0 saturated carbocycles. The Bertz CT molecular complexity index is 1010. The highest BCUT2D eigenvalue weighted by Gasteiger charge is 2.23. The summed E-state index contributed by atoms with van der Waals surface area (Å²) >= 11 is 0. The van der Waals surface area contributed by atoms with E-state index in [-0.39, 0.29) is 24.4 Å². The fraction of sp³-hybridized carbons (Fsp3) is 0.238. The first-order chi connectivity index (χ1) is 13.4. The molecule has 0 atom stereocenters. The third-order valence-corrected chi connectivity index (χ3v) is 4.10. The van der Waals surface area contributed by atoms with Crippen molar-refractivity contribution in [3.63, 3.8) is 0 Å². The van der Waals surface area contributed by atoms with Crippen molar-refractivity contribution in [1.29, 1.82) is 0 Å². The normalized spacial score (nSPS) is 10.9. The molecule has 0 radical (unpaired) electrons. The van der Waals surface area contributed by atoms with Crippen molar-refractivity contribution in [2.75, 3.05) is 7.05 Å². The van der Waals surface area contributed by atoms with Gasteiger partial charge in [-0.1, -0.05) is 0 Å². The molecule has 146 valence electrons. The van der Waals surface area contributed by atoms with Crippen molar-refractivity contribution in [2.45, 2.75) is 26.6 Å².